The van der Waals surface area contributed by atoms with Gasteiger partial charge < -0.3 is 0 Å². The quantitative estimate of drug-likeness (QED) is 0.801. The van der Waals surface area contributed by atoms with Gasteiger partial charge in [-0.05, 0) is 30.7 Å². The van der Waals surface area contributed by atoms with Crippen molar-refractivity contribution in [3.8, 4) is 11.8 Å². The van der Waals surface area contributed by atoms with Crippen LogP contribution in [-0.4, -0.2) is 15.0 Å². The molecule has 1 aromatic carbocycles. The molecule has 98 valence electrons. The molecule has 0 aliphatic carbocycles. The van der Waals surface area contributed by atoms with Gasteiger partial charge in [0.15, 0.2) is 5.69 Å². The summed E-state index contributed by atoms with van der Waals surface area (Å²) < 4.78 is 1.73. The third kappa shape index (κ3) is 2.47. The van der Waals surface area contributed by atoms with Gasteiger partial charge in [0.2, 0.25) is 0 Å². The Kier molecular flexibility index (Phi) is 3.34. The summed E-state index contributed by atoms with van der Waals surface area (Å²) in [6.45, 7) is 8.07. The highest BCUT2D eigenvalue weighted by atomic mass is 35.5. The van der Waals surface area contributed by atoms with E-state index < -0.39 is 0 Å². The molecule has 0 aliphatic rings. The van der Waals surface area contributed by atoms with Crippen LogP contribution in [0.15, 0.2) is 18.2 Å². The number of nitrogens with zero attached hydrogens (tertiary/aromatic N) is 4. The average Bonchev–Trinajstić information content (AvgIpc) is 2.72. The maximum absolute atomic E-state index is 9.17. The second-order valence-corrected chi connectivity index (χ2v) is 5.93. The smallest absolute Gasteiger partial charge is 0.186 e. The molecule has 0 amide bonds. The molecule has 0 bridgehead atoms. The summed E-state index contributed by atoms with van der Waals surface area (Å²) in [4.78, 5) is 0. The number of rotatable bonds is 1. The van der Waals surface area contributed by atoms with Gasteiger partial charge >= 0.3 is 0 Å². The van der Waals surface area contributed by atoms with Gasteiger partial charge in [0.1, 0.15) is 6.07 Å². The topological polar surface area (TPSA) is 54.5 Å². The maximum atomic E-state index is 9.17. The Morgan fingerprint density at radius 1 is 1.32 bits per heavy atom. The van der Waals surface area contributed by atoms with Gasteiger partial charge in [-0.3, -0.25) is 0 Å². The molecule has 0 unspecified atom stereocenters. The Labute approximate surface area is 117 Å². The zero-order chi connectivity index (χ0) is 14.2. The van der Waals surface area contributed by atoms with Crippen molar-refractivity contribution in [1.82, 2.24) is 15.0 Å². The first-order valence-electron chi connectivity index (χ1n) is 5.97. The normalized spacial score (nSPS) is 11.4. The molecule has 2 aromatic rings. The standard InChI is InChI=1S/C14H15ClN4/c1-9-7-10(15)5-6-12(9)19-13(14(2,3)4)11(8-16)17-18-19/h5-7H,1-4H3. The van der Waals surface area contributed by atoms with Gasteiger partial charge in [-0.2, -0.15) is 5.26 Å². The van der Waals surface area contributed by atoms with Crippen molar-refractivity contribution in [1.29, 1.82) is 5.26 Å². The van der Waals surface area contributed by atoms with Crippen LogP contribution in [0.4, 0.5) is 0 Å². The molecular weight excluding hydrogens is 260 g/mol. The Morgan fingerprint density at radius 2 is 2.00 bits per heavy atom. The van der Waals surface area contributed by atoms with Crippen molar-refractivity contribution in [2.75, 3.05) is 0 Å². The molecule has 0 spiro atoms. The van der Waals surface area contributed by atoms with E-state index in [1.54, 1.807) is 4.68 Å². The van der Waals surface area contributed by atoms with Crippen LogP contribution in [0, 0.1) is 18.3 Å². The second-order valence-electron chi connectivity index (χ2n) is 5.49. The predicted octanol–water partition coefficient (Wildman–Crippen LogP) is 3.40. The lowest BCUT2D eigenvalue weighted by Crippen LogP contribution is -2.19. The fourth-order valence-electron chi connectivity index (χ4n) is 2.06. The molecule has 5 heteroatoms. The fraction of sp³-hybridized carbons (Fsp3) is 0.357. The zero-order valence-corrected chi connectivity index (χ0v) is 12.2. The number of aryl methyl sites for hydroxylation is 1. The minimum Gasteiger partial charge on any atom is -0.215 e. The Hall–Kier alpha value is -1.86. The number of nitriles is 1. The molecule has 0 saturated carbocycles. The predicted molar refractivity (Wildman–Crippen MR) is 74.5 cm³/mol. The minimum absolute atomic E-state index is 0.222. The lowest BCUT2D eigenvalue weighted by Gasteiger charge is -2.20. The molecular formula is C14H15ClN4. The summed E-state index contributed by atoms with van der Waals surface area (Å²) in [6, 6.07) is 7.68. The van der Waals surface area contributed by atoms with Crippen LogP contribution < -0.4 is 0 Å². The van der Waals surface area contributed by atoms with Crippen molar-refractivity contribution < 1.29 is 0 Å². The number of hydrogen-bond donors (Lipinski definition) is 0. The van der Waals surface area contributed by atoms with Crippen LogP contribution in [0.1, 0.15) is 37.7 Å². The summed E-state index contributed by atoms with van der Waals surface area (Å²) >= 11 is 5.97. The van der Waals surface area contributed by atoms with E-state index in [2.05, 4.69) is 16.4 Å². The molecule has 4 nitrogen and oxygen atoms in total. The van der Waals surface area contributed by atoms with E-state index in [0.717, 1.165) is 16.9 Å². The number of hydrogen-bond acceptors (Lipinski definition) is 3. The van der Waals surface area contributed by atoms with Crippen LogP contribution in [0.3, 0.4) is 0 Å². The first kappa shape index (κ1) is 13.6. The Bertz CT molecular complexity index is 659. The summed E-state index contributed by atoms with van der Waals surface area (Å²) in [6.07, 6.45) is 0. The van der Waals surface area contributed by atoms with Gasteiger partial charge in [-0.15, -0.1) is 5.10 Å². The highest BCUT2D eigenvalue weighted by Crippen LogP contribution is 2.28. The fourth-order valence-corrected chi connectivity index (χ4v) is 2.28. The van der Waals surface area contributed by atoms with Crippen LogP contribution in [-0.2, 0) is 5.41 Å². The molecule has 1 heterocycles. The third-order valence-electron chi connectivity index (χ3n) is 2.87. The summed E-state index contributed by atoms with van der Waals surface area (Å²) in [5.41, 5.74) is 2.83. The van der Waals surface area contributed by atoms with Crippen molar-refractivity contribution >= 4 is 11.6 Å². The summed E-state index contributed by atoms with van der Waals surface area (Å²) in [7, 11) is 0. The first-order chi connectivity index (χ1) is 8.84. The number of aromatic nitrogens is 3. The van der Waals surface area contributed by atoms with E-state index in [9.17, 15) is 0 Å². The second kappa shape index (κ2) is 4.67. The van der Waals surface area contributed by atoms with Gasteiger partial charge in [-0.1, -0.05) is 37.6 Å². The summed E-state index contributed by atoms with van der Waals surface area (Å²) in [5.74, 6) is 0. The van der Waals surface area contributed by atoms with Crippen molar-refractivity contribution in [3.63, 3.8) is 0 Å². The largest absolute Gasteiger partial charge is 0.215 e. The lowest BCUT2D eigenvalue weighted by molar-refractivity contribution is 0.541. The highest BCUT2D eigenvalue weighted by Gasteiger charge is 2.26. The van der Waals surface area contributed by atoms with Gasteiger partial charge in [0.05, 0.1) is 11.4 Å². The van der Waals surface area contributed by atoms with Gasteiger partial charge in [-0.25, -0.2) is 4.68 Å². The van der Waals surface area contributed by atoms with Crippen molar-refractivity contribution in [2.45, 2.75) is 33.1 Å². The highest BCUT2D eigenvalue weighted by molar-refractivity contribution is 6.30. The molecule has 19 heavy (non-hydrogen) atoms. The average molecular weight is 275 g/mol. The molecule has 0 N–H and O–H groups in total. The molecule has 0 atom stereocenters. The Morgan fingerprint density at radius 3 is 2.53 bits per heavy atom. The molecule has 1 aromatic heterocycles. The maximum Gasteiger partial charge on any atom is 0.186 e. The van der Waals surface area contributed by atoms with E-state index in [1.165, 1.54) is 0 Å². The molecule has 0 saturated heterocycles. The van der Waals surface area contributed by atoms with Gasteiger partial charge in [0.25, 0.3) is 0 Å². The van der Waals surface area contributed by atoms with Crippen molar-refractivity contribution in [2.24, 2.45) is 0 Å². The van der Waals surface area contributed by atoms with Crippen LogP contribution in [0.5, 0.6) is 0 Å². The summed E-state index contributed by atoms with van der Waals surface area (Å²) in [5, 5.41) is 17.9. The van der Waals surface area contributed by atoms with E-state index in [0.29, 0.717) is 10.7 Å². The van der Waals surface area contributed by atoms with Crippen molar-refractivity contribution in [3.05, 3.63) is 40.2 Å². The lowest BCUT2D eigenvalue weighted by atomic mass is 9.90. The van der Waals surface area contributed by atoms with E-state index in [4.69, 9.17) is 16.9 Å². The van der Waals surface area contributed by atoms with E-state index >= 15 is 0 Å². The van der Waals surface area contributed by atoms with Crippen LogP contribution in [0.25, 0.3) is 5.69 Å². The molecule has 2 rings (SSSR count). The van der Waals surface area contributed by atoms with E-state index in [1.807, 2.05) is 45.9 Å². The first-order valence-corrected chi connectivity index (χ1v) is 6.35. The van der Waals surface area contributed by atoms with E-state index in [-0.39, 0.29) is 5.41 Å². The zero-order valence-electron chi connectivity index (χ0n) is 11.4. The Balaban J connectivity index is 2.70. The van der Waals surface area contributed by atoms with Gasteiger partial charge in [0, 0.05) is 10.4 Å². The molecule has 0 aliphatic heterocycles. The SMILES string of the molecule is Cc1cc(Cl)ccc1-n1nnc(C#N)c1C(C)(C)C. The number of halogens is 1. The number of benzene rings is 1. The third-order valence-corrected chi connectivity index (χ3v) is 3.11. The monoisotopic (exact) mass is 274 g/mol. The van der Waals surface area contributed by atoms with Crippen LogP contribution >= 0.6 is 11.6 Å². The van der Waals surface area contributed by atoms with Crippen LogP contribution in [0.2, 0.25) is 5.02 Å². The molecule has 0 radical (unpaired) electrons. The molecule has 0 fully saturated rings. The minimum atomic E-state index is -0.222.